The molecular formula is C14H19N3O4. The maximum absolute atomic E-state index is 11.8. The van der Waals surface area contributed by atoms with Crippen molar-refractivity contribution >= 4 is 17.8 Å². The molecular weight excluding hydrogens is 274 g/mol. The van der Waals surface area contributed by atoms with E-state index in [1.807, 2.05) is 4.90 Å². The Morgan fingerprint density at radius 1 is 1.48 bits per heavy atom. The first kappa shape index (κ1) is 15.2. The molecule has 1 aliphatic rings. The van der Waals surface area contributed by atoms with Crippen molar-refractivity contribution in [2.24, 2.45) is 5.92 Å². The Morgan fingerprint density at radius 3 is 3.00 bits per heavy atom. The number of hydrogen-bond donors (Lipinski definition) is 0. The molecule has 0 N–H and O–H groups in total. The number of piperidine rings is 1. The molecule has 0 saturated carbocycles. The Bertz CT molecular complexity index is 521. The van der Waals surface area contributed by atoms with E-state index in [0.717, 1.165) is 19.4 Å². The highest BCUT2D eigenvalue weighted by atomic mass is 16.5. The second-order valence-corrected chi connectivity index (χ2v) is 4.77. The average Bonchev–Trinajstić information content (AvgIpc) is 2.54. The van der Waals surface area contributed by atoms with Crippen LogP contribution in [0.4, 0.5) is 5.82 Å². The van der Waals surface area contributed by atoms with Gasteiger partial charge in [0, 0.05) is 19.3 Å². The molecule has 0 amide bonds. The Morgan fingerprint density at radius 2 is 2.29 bits per heavy atom. The van der Waals surface area contributed by atoms with Crippen molar-refractivity contribution in [3.8, 4) is 0 Å². The summed E-state index contributed by atoms with van der Waals surface area (Å²) in [5.41, 5.74) is 0. The predicted molar refractivity (Wildman–Crippen MR) is 74.9 cm³/mol. The van der Waals surface area contributed by atoms with Gasteiger partial charge in [-0.1, -0.05) is 0 Å². The fourth-order valence-electron chi connectivity index (χ4n) is 2.35. The van der Waals surface area contributed by atoms with E-state index in [1.54, 1.807) is 13.0 Å². The second kappa shape index (κ2) is 7.01. The molecule has 1 aromatic heterocycles. The monoisotopic (exact) mass is 293 g/mol. The zero-order valence-electron chi connectivity index (χ0n) is 12.2. The maximum Gasteiger partial charge on any atom is 0.376 e. The smallest absolute Gasteiger partial charge is 0.376 e. The molecule has 0 aromatic carbocycles. The molecule has 1 aliphatic heterocycles. The lowest BCUT2D eigenvalue weighted by Crippen LogP contribution is -2.40. The Hall–Kier alpha value is -2.18. The van der Waals surface area contributed by atoms with Crippen molar-refractivity contribution in [3.05, 3.63) is 18.1 Å². The highest BCUT2D eigenvalue weighted by molar-refractivity contribution is 5.85. The van der Waals surface area contributed by atoms with Crippen molar-refractivity contribution in [2.45, 2.75) is 19.8 Å². The largest absolute Gasteiger partial charge is 0.466 e. The lowest BCUT2D eigenvalue weighted by molar-refractivity contribution is -0.148. The van der Waals surface area contributed by atoms with E-state index in [2.05, 4.69) is 14.7 Å². The van der Waals surface area contributed by atoms with Crippen LogP contribution in [0.3, 0.4) is 0 Å². The third kappa shape index (κ3) is 3.68. The number of esters is 2. The molecule has 0 aliphatic carbocycles. The quantitative estimate of drug-likeness (QED) is 0.767. The number of methoxy groups -OCH3 is 1. The normalized spacial score (nSPS) is 18.2. The van der Waals surface area contributed by atoms with Gasteiger partial charge in [0.15, 0.2) is 0 Å². The van der Waals surface area contributed by atoms with Crippen molar-refractivity contribution in [1.29, 1.82) is 0 Å². The van der Waals surface area contributed by atoms with Gasteiger partial charge in [-0.15, -0.1) is 0 Å². The molecule has 1 atom stereocenters. The zero-order valence-corrected chi connectivity index (χ0v) is 12.2. The van der Waals surface area contributed by atoms with Crippen LogP contribution in [0, 0.1) is 5.92 Å². The summed E-state index contributed by atoms with van der Waals surface area (Å²) in [6.07, 6.45) is 3.20. The molecule has 1 aromatic rings. The van der Waals surface area contributed by atoms with Gasteiger partial charge in [-0.05, 0) is 25.8 Å². The predicted octanol–water partition coefficient (Wildman–Crippen LogP) is 1.04. The van der Waals surface area contributed by atoms with E-state index in [4.69, 9.17) is 4.74 Å². The second-order valence-electron chi connectivity index (χ2n) is 4.77. The zero-order chi connectivity index (χ0) is 15.2. The molecule has 1 unspecified atom stereocenters. The molecule has 1 saturated heterocycles. The van der Waals surface area contributed by atoms with E-state index in [-0.39, 0.29) is 17.7 Å². The van der Waals surface area contributed by atoms with Crippen molar-refractivity contribution in [1.82, 2.24) is 9.97 Å². The number of anilines is 1. The van der Waals surface area contributed by atoms with Crippen LogP contribution in [-0.4, -0.2) is 48.7 Å². The van der Waals surface area contributed by atoms with E-state index in [1.165, 1.54) is 13.3 Å². The van der Waals surface area contributed by atoms with Crippen LogP contribution in [-0.2, 0) is 14.3 Å². The van der Waals surface area contributed by atoms with Gasteiger partial charge in [0.25, 0.3) is 0 Å². The molecule has 2 heterocycles. The summed E-state index contributed by atoms with van der Waals surface area (Å²) in [5.74, 6) is -0.261. The minimum absolute atomic E-state index is 0.0215. The number of carbonyl (C=O) groups excluding carboxylic acids is 2. The lowest BCUT2D eigenvalue weighted by Gasteiger charge is -2.32. The lowest BCUT2D eigenvalue weighted by atomic mass is 9.98. The van der Waals surface area contributed by atoms with E-state index in [0.29, 0.717) is 19.0 Å². The fraction of sp³-hybridized carbons (Fsp3) is 0.571. The summed E-state index contributed by atoms with van der Waals surface area (Å²) in [7, 11) is 1.29. The SMILES string of the molecule is CCOC(=O)C1CCCN(c2ccnc(C(=O)OC)n2)C1. The molecule has 7 heteroatoms. The van der Waals surface area contributed by atoms with Crippen LogP contribution >= 0.6 is 0 Å². The van der Waals surface area contributed by atoms with Crippen LogP contribution in [0.5, 0.6) is 0 Å². The summed E-state index contributed by atoms with van der Waals surface area (Å²) in [6, 6.07) is 1.72. The van der Waals surface area contributed by atoms with Crippen LogP contribution in [0.15, 0.2) is 12.3 Å². The molecule has 2 rings (SSSR count). The van der Waals surface area contributed by atoms with Gasteiger partial charge < -0.3 is 14.4 Å². The maximum atomic E-state index is 11.8. The summed E-state index contributed by atoms with van der Waals surface area (Å²) >= 11 is 0. The minimum Gasteiger partial charge on any atom is -0.466 e. The number of ether oxygens (including phenoxy) is 2. The molecule has 21 heavy (non-hydrogen) atoms. The molecule has 7 nitrogen and oxygen atoms in total. The number of nitrogens with zero attached hydrogens (tertiary/aromatic N) is 3. The standard InChI is InChI=1S/C14H19N3O4/c1-3-21-13(18)10-5-4-8-17(9-10)11-6-7-15-12(16-11)14(19)20-2/h6-7,10H,3-5,8-9H2,1-2H3. The molecule has 1 fully saturated rings. The number of carbonyl (C=O) groups is 2. The van der Waals surface area contributed by atoms with Gasteiger partial charge in [-0.25, -0.2) is 14.8 Å². The van der Waals surface area contributed by atoms with Gasteiger partial charge in [-0.3, -0.25) is 4.79 Å². The Kier molecular flexibility index (Phi) is 5.08. The molecule has 0 bridgehead atoms. The first-order valence-electron chi connectivity index (χ1n) is 6.98. The Balaban J connectivity index is 2.10. The topological polar surface area (TPSA) is 81.6 Å². The average molecular weight is 293 g/mol. The highest BCUT2D eigenvalue weighted by Gasteiger charge is 2.28. The molecule has 0 radical (unpaired) electrons. The van der Waals surface area contributed by atoms with Gasteiger partial charge in [0.2, 0.25) is 5.82 Å². The van der Waals surface area contributed by atoms with Gasteiger partial charge in [0.1, 0.15) is 5.82 Å². The first-order valence-corrected chi connectivity index (χ1v) is 6.98. The number of rotatable bonds is 4. The Labute approximate surface area is 123 Å². The summed E-state index contributed by atoms with van der Waals surface area (Å²) in [5, 5.41) is 0. The number of aromatic nitrogens is 2. The summed E-state index contributed by atoms with van der Waals surface area (Å²) in [4.78, 5) is 33.4. The van der Waals surface area contributed by atoms with E-state index < -0.39 is 5.97 Å². The highest BCUT2D eigenvalue weighted by Crippen LogP contribution is 2.22. The van der Waals surface area contributed by atoms with Gasteiger partial charge >= 0.3 is 11.9 Å². The summed E-state index contributed by atoms with van der Waals surface area (Å²) < 4.78 is 9.69. The summed E-state index contributed by atoms with van der Waals surface area (Å²) in [6.45, 7) is 3.50. The van der Waals surface area contributed by atoms with Crippen LogP contribution in [0.2, 0.25) is 0 Å². The number of hydrogen-bond acceptors (Lipinski definition) is 7. The van der Waals surface area contributed by atoms with Gasteiger partial charge in [0.05, 0.1) is 19.6 Å². The van der Waals surface area contributed by atoms with Gasteiger partial charge in [-0.2, -0.15) is 0 Å². The van der Waals surface area contributed by atoms with Crippen molar-refractivity contribution in [3.63, 3.8) is 0 Å². The van der Waals surface area contributed by atoms with Crippen LogP contribution in [0.1, 0.15) is 30.4 Å². The van der Waals surface area contributed by atoms with Crippen LogP contribution < -0.4 is 4.90 Å². The molecule has 0 spiro atoms. The third-order valence-electron chi connectivity index (χ3n) is 3.37. The minimum atomic E-state index is -0.573. The first-order chi connectivity index (χ1) is 10.2. The van der Waals surface area contributed by atoms with Crippen molar-refractivity contribution < 1.29 is 19.1 Å². The van der Waals surface area contributed by atoms with Crippen LogP contribution in [0.25, 0.3) is 0 Å². The van der Waals surface area contributed by atoms with E-state index >= 15 is 0 Å². The third-order valence-corrected chi connectivity index (χ3v) is 3.37. The van der Waals surface area contributed by atoms with E-state index in [9.17, 15) is 9.59 Å². The van der Waals surface area contributed by atoms with Crippen molar-refractivity contribution in [2.75, 3.05) is 31.7 Å². The molecule has 114 valence electrons. The fourth-order valence-corrected chi connectivity index (χ4v) is 2.35.